The van der Waals surface area contributed by atoms with Gasteiger partial charge in [-0.05, 0) is 31.4 Å². The summed E-state index contributed by atoms with van der Waals surface area (Å²) < 4.78 is 5.35. The van der Waals surface area contributed by atoms with Crippen LogP contribution in [0, 0.1) is 6.92 Å². The molecule has 1 N–H and O–H groups in total. The maximum atomic E-state index is 12.3. The van der Waals surface area contributed by atoms with E-state index in [1.807, 2.05) is 19.1 Å². The average molecular weight is 313 g/mol. The van der Waals surface area contributed by atoms with Crippen molar-refractivity contribution in [2.24, 2.45) is 0 Å². The first kappa shape index (κ1) is 13.5. The van der Waals surface area contributed by atoms with Crippen LogP contribution in [0.3, 0.4) is 0 Å². The van der Waals surface area contributed by atoms with Crippen molar-refractivity contribution in [3.8, 4) is 0 Å². The number of nitrogens with one attached hydrogen (secondary N) is 1. The van der Waals surface area contributed by atoms with Crippen LogP contribution in [0.4, 0.5) is 0 Å². The van der Waals surface area contributed by atoms with E-state index in [2.05, 4.69) is 26.2 Å². The summed E-state index contributed by atoms with van der Waals surface area (Å²) >= 11 is 3.50. The molecule has 1 aliphatic rings. The van der Waals surface area contributed by atoms with Crippen LogP contribution in [0.5, 0.6) is 0 Å². The fourth-order valence-electron chi connectivity index (χ4n) is 2.08. The van der Waals surface area contributed by atoms with E-state index >= 15 is 0 Å². The molecule has 0 aromatic carbocycles. The molecule has 1 saturated heterocycles. The SMILES string of the molecule is Cc1cccnc1C(=O)NC1(CBr)CCOCC1. The quantitative estimate of drug-likeness (QED) is 0.869. The maximum Gasteiger partial charge on any atom is 0.270 e. The van der Waals surface area contributed by atoms with Gasteiger partial charge in [0.15, 0.2) is 0 Å². The number of aromatic nitrogens is 1. The van der Waals surface area contributed by atoms with Crippen molar-refractivity contribution in [2.45, 2.75) is 25.3 Å². The molecule has 1 aromatic heterocycles. The Morgan fingerprint density at radius 2 is 2.28 bits per heavy atom. The van der Waals surface area contributed by atoms with E-state index in [0.29, 0.717) is 18.9 Å². The molecule has 0 unspecified atom stereocenters. The zero-order valence-corrected chi connectivity index (χ0v) is 12.0. The lowest BCUT2D eigenvalue weighted by atomic mass is 9.92. The summed E-state index contributed by atoms with van der Waals surface area (Å²) in [6, 6.07) is 3.73. The van der Waals surface area contributed by atoms with Gasteiger partial charge in [0.2, 0.25) is 0 Å². The number of halogens is 1. The first-order valence-corrected chi connectivity index (χ1v) is 7.17. The Labute approximate surface area is 115 Å². The van der Waals surface area contributed by atoms with Crippen molar-refractivity contribution < 1.29 is 9.53 Å². The lowest BCUT2D eigenvalue weighted by molar-refractivity contribution is 0.0440. The second-order valence-electron chi connectivity index (χ2n) is 4.65. The molecular formula is C13H17BrN2O2. The highest BCUT2D eigenvalue weighted by Crippen LogP contribution is 2.23. The Bertz CT molecular complexity index is 431. The van der Waals surface area contributed by atoms with Gasteiger partial charge in [-0.1, -0.05) is 22.0 Å². The number of nitrogens with zero attached hydrogens (tertiary/aromatic N) is 1. The molecule has 2 heterocycles. The summed E-state index contributed by atoms with van der Waals surface area (Å²) in [7, 11) is 0. The van der Waals surface area contributed by atoms with Gasteiger partial charge in [0.25, 0.3) is 5.91 Å². The number of hydrogen-bond donors (Lipinski definition) is 1. The van der Waals surface area contributed by atoms with Crippen LogP contribution >= 0.6 is 15.9 Å². The van der Waals surface area contributed by atoms with E-state index in [-0.39, 0.29) is 11.4 Å². The fraction of sp³-hybridized carbons (Fsp3) is 0.538. The van der Waals surface area contributed by atoms with E-state index < -0.39 is 0 Å². The molecule has 0 bridgehead atoms. The molecule has 1 aliphatic heterocycles. The van der Waals surface area contributed by atoms with Crippen molar-refractivity contribution >= 4 is 21.8 Å². The highest BCUT2D eigenvalue weighted by Gasteiger charge is 2.33. The number of carbonyl (C=O) groups is 1. The zero-order chi connectivity index (χ0) is 13.0. The highest BCUT2D eigenvalue weighted by atomic mass is 79.9. The Morgan fingerprint density at radius 3 is 2.89 bits per heavy atom. The molecule has 5 heteroatoms. The monoisotopic (exact) mass is 312 g/mol. The number of pyridine rings is 1. The lowest BCUT2D eigenvalue weighted by Crippen LogP contribution is -2.53. The molecule has 1 aromatic rings. The van der Waals surface area contributed by atoms with Gasteiger partial charge in [-0.25, -0.2) is 0 Å². The van der Waals surface area contributed by atoms with Crippen LogP contribution in [-0.2, 0) is 4.74 Å². The van der Waals surface area contributed by atoms with Crippen LogP contribution in [-0.4, -0.2) is 35.0 Å². The summed E-state index contributed by atoms with van der Waals surface area (Å²) in [6.07, 6.45) is 3.30. The average Bonchev–Trinajstić information content (AvgIpc) is 2.40. The molecule has 0 radical (unpaired) electrons. The summed E-state index contributed by atoms with van der Waals surface area (Å²) in [4.78, 5) is 16.4. The number of aryl methyl sites for hydroxylation is 1. The van der Waals surface area contributed by atoms with Crippen molar-refractivity contribution in [1.29, 1.82) is 0 Å². The standard InChI is InChI=1S/C13H17BrN2O2/c1-10-3-2-6-15-11(10)12(17)16-13(9-14)4-7-18-8-5-13/h2-3,6H,4-5,7-9H2,1H3,(H,16,17). The van der Waals surface area contributed by atoms with Crippen LogP contribution < -0.4 is 5.32 Å². The minimum Gasteiger partial charge on any atom is -0.381 e. The smallest absolute Gasteiger partial charge is 0.270 e. The van der Waals surface area contributed by atoms with E-state index in [0.717, 1.165) is 23.7 Å². The topological polar surface area (TPSA) is 51.2 Å². The van der Waals surface area contributed by atoms with Gasteiger partial charge in [-0.15, -0.1) is 0 Å². The number of amides is 1. The molecular weight excluding hydrogens is 296 g/mol. The Morgan fingerprint density at radius 1 is 1.56 bits per heavy atom. The Balaban J connectivity index is 2.13. The molecule has 0 aliphatic carbocycles. The Hall–Kier alpha value is -0.940. The minimum atomic E-state index is -0.209. The van der Waals surface area contributed by atoms with Crippen molar-refractivity contribution in [3.63, 3.8) is 0 Å². The number of ether oxygens (including phenoxy) is 1. The molecule has 1 fully saturated rings. The number of hydrogen-bond acceptors (Lipinski definition) is 3. The van der Waals surface area contributed by atoms with Gasteiger partial charge < -0.3 is 10.1 Å². The van der Waals surface area contributed by atoms with Crippen LogP contribution in [0.2, 0.25) is 0 Å². The molecule has 98 valence electrons. The van der Waals surface area contributed by atoms with Gasteiger partial charge in [-0.3, -0.25) is 9.78 Å². The zero-order valence-electron chi connectivity index (χ0n) is 10.4. The van der Waals surface area contributed by atoms with Crippen molar-refractivity contribution in [3.05, 3.63) is 29.6 Å². The second-order valence-corrected chi connectivity index (χ2v) is 5.21. The molecule has 0 atom stereocenters. The summed E-state index contributed by atoms with van der Waals surface area (Å²) in [5.41, 5.74) is 1.19. The molecule has 0 saturated carbocycles. The summed E-state index contributed by atoms with van der Waals surface area (Å²) in [5.74, 6) is -0.102. The van der Waals surface area contributed by atoms with E-state index in [9.17, 15) is 4.79 Å². The van der Waals surface area contributed by atoms with Crippen LogP contribution in [0.15, 0.2) is 18.3 Å². The molecule has 4 nitrogen and oxygen atoms in total. The van der Waals surface area contributed by atoms with Gasteiger partial charge in [-0.2, -0.15) is 0 Å². The number of rotatable bonds is 3. The number of carbonyl (C=O) groups excluding carboxylic acids is 1. The maximum absolute atomic E-state index is 12.3. The van der Waals surface area contributed by atoms with Crippen molar-refractivity contribution in [2.75, 3.05) is 18.5 Å². The summed E-state index contributed by atoms with van der Waals surface area (Å²) in [6.45, 7) is 3.27. The van der Waals surface area contributed by atoms with Gasteiger partial charge >= 0.3 is 0 Å². The third-order valence-corrected chi connectivity index (χ3v) is 4.38. The fourth-order valence-corrected chi connectivity index (χ4v) is 2.78. The lowest BCUT2D eigenvalue weighted by Gasteiger charge is -2.36. The molecule has 18 heavy (non-hydrogen) atoms. The highest BCUT2D eigenvalue weighted by molar-refractivity contribution is 9.09. The van der Waals surface area contributed by atoms with Crippen LogP contribution in [0.1, 0.15) is 28.9 Å². The normalized spacial score (nSPS) is 18.3. The van der Waals surface area contributed by atoms with Gasteiger partial charge in [0.1, 0.15) is 5.69 Å². The van der Waals surface area contributed by atoms with Crippen molar-refractivity contribution in [1.82, 2.24) is 10.3 Å². The largest absolute Gasteiger partial charge is 0.381 e. The third kappa shape index (κ3) is 2.90. The van der Waals surface area contributed by atoms with E-state index in [1.165, 1.54) is 0 Å². The van der Waals surface area contributed by atoms with Gasteiger partial charge in [0.05, 0.1) is 5.54 Å². The minimum absolute atomic E-state index is 0.102. The van der Waals surface area contributed by atoms with E-state index in [1.54, 1.807) is 6.20 Å². The number of alkyl halides is 1. The first-order valence-electron chi connectivity index (χ1n) is 6.05. The second kappa shape index (κ2) is 5.80. The predicted octanol–water partition coefficient (Wildman–Crippen LogP) is 2.06. The third-order valence-electron chi connectivity index (χ3n) is 3.31. The molecule has 2 rings (SSSR count). The molecule has 1 amide bonds. The van der Waals surface area contributed by atoms with E-state index in [4.69, 9.17) is 4.74 Å². The van der Waals surface area contributed by atoms with Crippen LogP contribution in [0.25, 0.3) is 0 Å². The predicted molar refractivity (Wildman–Crippen MR) is 73.0 cm³/mol. The summed E-state index contributed by atoms with van der Waals surface area (Å²) in [5, 5.41) is 3.85. The Kier molecular flexibility index (Phi) is 4.35. The first-order chi connectivity index (χ1) is 8.67. The molecule has 0 spiro atoms. The van der Waals surface area contributed by atoms with Gasteiger partial charge in [0, 0.05) is 24.7 Å².